The Labute approximate surface area is 319 Å². The highest BCUT2D eigenvalue weighted by atomic mass is 15.0. The lowest BCUT2D eigenvalue weighted by molar-refractivity contribution is 1.11. The molecule has 258 valence electrons. The van der Waals surface area contributed by atoms with E-state index in [4.69, 9.17) is 0 Å². The van der Waals surface area contributed by atoms with Crippen molar-refractivity contribution in [2.24, 2.45) is 0 Å². The molecule has 8 aromatic carbocycles. The second kappa shape index (κ2) is 11.2. The zero-order valence-corrected chi connectivity index (χ0v) is 29.8. The highest BCUT2D eigenvalue weighted by molar-refractivity contribution is 6.25. The molecule has 0 atom stereocenters. The second-order valence-corrected chi connectivity index (χ2v) is 14.4. The summed E-state index contributed by atoms with van der Waals surface area (Å²) in [5.74, 6) is 0. The molecule has 56 heavy (non-hydrogen) atoms. The zero-order chi connectivity index (χ0) is 37.1. The number of benzene rings is 8. The molecule has 0 bridgehead atoms. The topological polar surface area (TPSA) is 78.2 Å². The fourth-order valence-electron chi connectivity index (χ4n) is 9.34. The fourth-order valence-corrected chi connectivity index (χ4v) is 9.34. The fraction of sp³-hybridized carbons (Fsp3) is 0. The van der Waals surface area contributed by atoms with Crippen LogP contribution in [-0.4, -0.2) is 18.7 Å². The molecule has 0 amide bonds. The molecule has 0 spiro atoms. The van der Waals surface area contributed by atoms with E-state index in [1.807, 2.05) is 30.3 Å². The quantitative estimate of drug-likeness (QED) is 0.198. The van der Waals surface area contributed by atoms with Crippen LogP contribution in [0.3, 0.4) is 0 Å². The predicted molar refractivity (Wildman–Crippen MR) is 228 cm³/mol. The Bertz CT molecular complexity index is 3690. The maximum atomic E-state index is 11.2. The average Bonchev–Trinajstić information content (AvgIpc) is 3.99. The van der Waals surface area contributed by atoms with Gasteiger partial charge in [-0.05, 0) is 66.7 Å². The van der Waals surface area contributed by atoms with Gasteiger partial charge in [0, 0.05) is 54.3 Å². The third kappa shape index (κ3) is 3.97. The van der Waals surface area contributed by atoms with Gasteiger partial charge in [0.1, 0.15) is 11.6 Å². The molecule has 4 aromatic heterocycles. The molecule has 0 fully saturated rings. The number of hydrogen-bond acceptors (Lipinski definition) is 2. The van der Waals surface area contributed by atoms with Gasteiger partial charge in [0.2, 0.25) is 0 Å². The number of para-hydroxylation sites is 5. The monoisotopic (exact) mass is 712 g/mol. The van der Waals surface area contributed by atoms with Crippen molar-refractivity contribution in [2.75, 3.05) is 0 Å². The number of aromatic amines is 1. The van der Waals surface area contributed by atoms with Gasteiger partial charge in [-0.1, -0.05) is 97.1 Å². The van der Waals surface area contributed by atoms with Gasteiger partial charge in [-0.15, -0.1) is 0 Å². The average molecular weight is 713 g/mol. The summed E-state index contributed by atoms with van der Waals surface area (Å²) in [6, 6.07) is 61.8. The van der Waals surface area contributed by atoms with Gasteiger partial charge in [-0.2, -0.15) is 10.5 Å². The summed E-state index contributed by atoms with van der Waals surface area (Å²) in [6.07, 6.45) is 0. The Morgan fingerprint density at radius 1 is 0.393 bits per heavy atom. The van der Waals surface area contributed by atoms with Crippen LogP contribution < -0.4 is 0 Å². The van der Waals surface area contributed by atoms with E-state index in [2.05, 4.69) is 164 Å². The van der Waals surface area contributed by atoms with Gasteiger partial charge in [-0.25, -0.2) is 0 Å². The van der Waals surface area contributed by atoms with Crippen LogP contribution in [0, 0.1) is 22.7 Å². The number of H-pyrrole nitrogens is 1. The summed E-state index contributed by atoms with van der Waals surface area (Å²) in [5.41, 5.74) is 11.6. The first kappa shape index (κ1) is 30.4. The van der Waals surface area contributed by atoms with Crippen LogP contribution >= 0.6 is 0 Å². The number of fused-ring (bicyclic) bond motifs is 13. The summed E-state index contributed by atoms with van der Waals surface area (Å²) >= 11 is 0. The maximum absolute atomic E-state index is 11.2. The Hall–Kier alpha value is -8.06. The first-order chi connectivity index (χ1) is 27.7. The van der Waals surface area contributed by atoms with Crippen molar-refractivity contribution < 1.29 is 0 Å². The van der Waals surface area contributed by atoms with Crippen molar-refractivity contribution in [3.8, 4) is 29.2 Å². The normalized spacial score (nSPS) is 11.9. The second-order valence-electron chi connectivity index (χ2n) is 14.4. The van der Waals surface area contributed by atoms with Crippen LogP contribution in [-0.2, 0) is 0 Å². The molecule has 0 radical (unpaired) electrons. The molecule has 0 saturated carbocycles. The molecular formula is C50H28N6. The lowest BCUT2D eigenvalue weighted by Gasteiger charge is -2.17. The molecule has 6 heteroatoms. The highest BCUT2D eigenvalue weighted by Gasteiger charge is 2.24. The standard InChI is InChI=1S/C50H28N6/c51-28-30-25-47(39(29-52)48(26-30)56-44-20-10-5-15-37(44)49-46(56)24-22-36-32-11-1-6-16-40(32)53-50(36)49)55-43-19-9-4-14-35(43)38-27-31(21-23-45(38)55)54-41-17-7-2-12-33(41)34-13-3-8-18-42(34)54/h1-27,53H. The minimum atomic E-state index is 0.472. The van der Waals surface area contributed by atoms with Crippen molar-refractivity contribution in [3.63, 3.8) is 0 Å². The predicted octanol–water partition coefficient (Wildman–Crippen LogP) is 12.4. The third-order valence-electron chi connectivity index (χ3n) is 11.6. The van der Waals surface area contributed by atoms with Crippen LogP contribution in [0.4, 0.5) is 0 Å². The van der Waals surface area contributed by atoms with Crippen LogP contribution in [0.15, 0.2) is 164 Å². The van der Waals surface area contributed by atoms with Crippen molar-refractivity contribution >= 4 is 87.2 Å². The molecule has 0 aliphatic rings. The molecule has 12 aromatic rings. The highest BCUT2D eigenvalue weighted by Crippen LogP contribution is 2.42. The summed E-state index contributed by atoms with van der Waals surface area (Å²) < 4.78 is 6.65. The molecule has 0 aliphatic heterocycles. The lowest BCUT2D eigenvalue weighted by Crippen LogP contribution is -2.05. The van der Waals surface area contributed by atoms with Gasteiger partial charge in [0.15, 0.2) is 0 Å². The first-order valence-corrected chi connectivity index (χ1v) is 18.6. The molecule has 4 heterocycles. The summed E-state index contributed by atoms with van der Waals surface area (Å²) in [4.78, 5) is 3.70. The van der Waals surface area contributed by atoms with E-state index < -0.39 is 0 Å². The van der Waals surface area contributed by atoms with Crippen molar-refractivity contribution in [1.82, 2.24) is 18.7 Å². The smallest absolute Gasteiger partial charge is 0.104 e. The number of nitrogens with one attached hydrogen (secondary N) is 1. The molecule has 0 unspecified atom stereocenters. The Morgan fingerprint density at radius 3 is 1.54 bits per heavy atom. The number of aromatic nitrogens is 4. The van der Waals surface area contributed by atoms with E-state index in [0.29, 0.717) is 22.5 Å². The number of nitriles is 2. The Morgan fingerprint density at radius 2 is 0.893 bits per heavy atom. The molecule has 12 rings (SSSR count). The van der Waals surface area contributed by atoms with Gasteiger partial charge in [0.25, 0.3) is 0 Å². The van der Waals surface area contributed by atoms with Crippen LogP contribution in [0.5, 0.6) is 0 Å². The Kier molecular flexibility index (Phi) is 6.10. The lowest BCUT2D eigenvalue weighted by atomic mass is 10.1. The van der Waals surface area contributed by atoms with Crippen molar-refractivity contribution in [3.05, 3.63) is 175 Å². The number of nitrogens with zero attached hydrogens (tertiary/aromatic N) is 5. The van der Waals surface area contributed by atoms with Gasteiger partial charge in [-0.3, -0.25) is 0 Å². The van der Waals surface area contributed by atoms with E-state index in [1.54, 1.807) is 0 Å². The van der Waals surface area contributed by atoms with Crippen molar-refractivity contribution in [2.45, 2.75) is 0 Å². The van der Waals surface area contributed by atoms with Gasteiger partial charge >= 0.3 is 0 Å². The molecular weight excluding hydrogens is 685 g/mol. The van der Waals surface area contributed by atoms with Crippen LogP contribution in [0.25, 0.3) is 104 Å². The van der Waals surface area contributed by atoms with E-state index in [-0.39, 0.29) is 0 Å². The summed E-state index contributed by atoms with van der Waals surface area (Å²) in [7, 11) is 0. The molecule has 0 aliphatic carbocycles. The molecule has 0 saturated heterocycles. The van der Waals surface area contributed by atoms with Crippen molar-refractivity contribution in [1.29, 1.82) is 10.5 Å². The molecule has 1 N–H and O–H groups in total. The zero-order valence-electron chi connectivity index (χ0n) is 29.8. The Balaban J connectivity index is 1.16. The SMILES string of the molecule is N#Cc1cc(-n2c3ccccc3c3cc(-n4c5ccccc5c5ccccc54)ccc32)c(C#N)c(-n2c3ccccc3c3c4[nH]c5ccccc5c4ccc32)c1. The summed E-state index contributed by atoms with van der Waals surface area (Å²) in [6.45, 7) is 0. The first-order valence-electron chi connectivity index (χ1n) is 18.6. The third-order valence-corrected chi connectivity index (χ3v) is 11.6. The van der Waals surface area contributed by atoms with Gasteiger partial charge in [0.05, 0.1) is 61.6 Å². The largest absolute Gasteiger partial charge is 0.354 e. The number of hydrogen-bond donors (Lipinski definition) is 1. The van der Waals surface area contributed by atoms with E-state index in [0.717, 1.165) is 76.8 Å². The van der Waals surface area contributed by atoms with E-state index >= 15 is 0 Å². The minimum absolute atomic E-state index is 0.472. The van der Waals surface area contributed by atoms with Crippen LogP contribution in [0.2, 0.25) is 0 Å². The number of rotatable bonds is 3. The summed E-state index contributed by atoms with van der Waals surface area (Å²) in [5, 5.41) is 30.8. The van der Waals surface area contributed by atoms with Crippen LogP contribution in [0.1, 0.15) is 11.1 Å². The van der Waals surface area contributed by atoms with E-state index in [9.17, 15) is 10.5 Å². The van der Waals surface area contributed by atoms with E-state index in [1.165, 1.54) is 16.2 Å². The molecule has 6 nitrogen and oxygen atoms in total. The van der Waals surface area contributed by atoms with Gasteiger partial charge < -0.3 is 18.7 Å². The minimum Gasteiger partial charge on any atom is -0.354 e. The maximum Gasteiger partial charge on any atom is 0.104 e.